The molecule has 220 valence electrons. The number of rotatable bonds is 8. The van der Waals surface area contributed by atoms with Crippen LogP contribution in [0.1, 0.15) is 55.2 Å². The van der Waals surface area contributed by atoms with Crippen LogP contribution in [0, 0.1) is 0 Å². The van der Waals surface area contributed by atoms with Crippen molar-refractivity contribution in [1.82, 2.24) is 20.1 Å². The fraction of sp³-hybridized carbons (Fsp3) is 0.290. The molecule has 1 atom stereocenters. The van der Waals surface area contributed by atoms with Gasteiger partial charge in [-0.05, 0) is 41.8 Å². The number of nitrogens with one attached hydrogen (secondary N) is 2. The number of nitrogens with zero attached hydrogens (tertiary/aromatic N) is 4. The lowest BCUT2D eigenvalue weighted by atomic mass is 10.0. The van der Waals surface area contributed by atoms with E-state index in [2.05, 4.69) is 37.6 Å². The van der Waals surface area contributed by atoms with Crippen molar-refractivity contribution >= 4 is 40.9 Å². The highest BCUT2D eigenvalue weighted by atomic mass is 16.2. The van der Waals surface area contributed by atoms with Crippen molar-refractivity contribution in [2.45, 2.75) is 32.0 Å². The Morgan fingerprint density at radius 2 is 1.67 bits per heavy atom. The summed E-state index contributed by atoms with van der Waals surface area (Å²) in [7, 11) is 0. The normalized spacial score (nSPS) is 18.9. The molecule has 12 heteroatoms. The zero-order chi connectivity index (χ0) is 30.1. The Labute approximate surface area is 247 Å². The van der Waals surface area contributed by atoms with Gasteiger partial charge in [0.05, 0.1) is 23.0 Å². The predicted octanol–water partition coefficient (Wildman–Crippen LogP) is 1.52. The molecule has 2 aromatic carbocycles. The molecule has 2 saturated heterocycles. The number of piperidine rings is 1. The summed E-state index contributed by atoms with van der Waals surface area (Å²) in [6, 6.07) is 15.8. The number of carbonyl (C=O) groups is 5. The summed E-state index contributed by atoms with van der Waals surface area (Å²) >= 11 is 0. The second-order valence-electron chi connectivity index (χ2n) is 10.9. The standard InChI is InChI=1S/C31H31N7O5/c32-28(40)24-9-8-21(17-34-24)37-14-12-36(13-15-37)18-20-6-4-19(5-7-20)16-33-23-3-1-2-22-27(23)31(43)38(30(22)42)25-10-11-26(39)35-29(25)41/h1-9,17,25,33H,10-16,18H2,(H2,32,40)(H,35,39,41)/t25-/m1/s1. The van der Waals surface area contributed by atoms with E-state index in [0.717, 1.165) is 48.9 Å². The Hall–Kier alpha value is -5.10. The first-order valence-corrected chi connectivity index (χ1v) is 14.2. The van der Waals surface area contributed by atoms with Crippen LogP contribution in [-0.2, 0) is 22.7 Å². The number of aromatic nitrogens is 1. The summed E-state index contributed by atoms with van der Waals surface area (Å²) in [6.07, 6.45) is 1.88. The highest BCUT2D eigenvalue weighted by molar-refractivity contribution is 6.25. The average Bonchev–Trinajstić information content (AvgIpc) is 3.27. The van der Waals surface area contributed by atoms with Gasteiger partial charge in [0.25, 0.3) is 17.7 Å². The van der Waals surface area contributed by atoms with E-state index in [1.54, 1.807) is 30.5 Å². The number of carbonyl (C=O) groups excluding carboxylic acids is 5. The molecule has 4 heterocycles. The number of amides is 5. The Morgan fingerprint density at radius 1 is 0.930 bits per heavy atom. The predicted molar refractivity (Wildman–Crippen MR) is 157 cm³/mol. The smallest absolute Gasteiger partial charge is 0.267 e. The lowest BCUT2D eigenvalue weighted by Gasteiger charge is -2.36. The average molecular weight is 582 g/mol. The zero-order valence-corrected chi connectivity index (χ0v) is 23.4. The van der Waals surface area contributed by atoms with E-state index in [-0.39, 0.29) is 29.7 Å². The largest absolute Gasteiger partial charge is 0.380 e. The Morgan fingerprint density at radius 3 is 2.35 bits per heavy atom. The Bertz CT molecular complexity index is 1600. The van der Waals surface area contributed by atoms with Crippen LogP contribution < -0.4 is 21.3 Å². The topological polar surface area (TPSA) is 158 Å². The van der Waals surface area contributed by atoms with E-state index in [0.29, 0.717) is 12.2 Å². The van der Waals surface area contributed by atoms with E-state index < -0.39 is 35.6 Å². The van der Waals surface area contributed by atoms with Crippen molar-refractivity contribution in [3.8, 4) is 0 Å². The lowest BCUT2D eigenvalue weighted by molar-refractivity contribution is -0.136. The van der Waals surface area contributed by atoms with E-state index >= 15 is 0 Å². The van der Waals surface area contributed by atoms with Gasteiger partial charge >= 0.3 is 0 Å². The van der Waals surface area contributed by atoms with E-state index in [1.807, 2.05) is 18.2 Å². The monoisotopic (exact) mass is 581 g/mol. The second kappa shape index (κ2) is 11.6. The SMILES string of the molecule is NC(=O)c1ccc(N2CCN(Cc3ccc(CNc4cccc5c4C(=O)N([C@@H]4CCC(=O)NC4=O)C5=O)cc3)CC2)cn1. The van der Waals surface area contributed by atoms with Crippen molar-refractivity contribution in [2.75, 3.05) is 36.4 Å². The molecule has 4 N–H and O–H groups in total. The molecule has 2 fully saturated rings. The maximum Gasteiger partial charge on any atom is 0.267 e. The highest BCUT2D eigenvalue weighted by Crippen LogP contribution is 2.32. The van der Waals surface area contributed by atoms with Crippen LogP contribution in [0.2, 0.25) is 0 Å². The molecule has 1 aromatic heterocycles. The summed E-state index contributed by atoms with van der Waals surface area (Å²) < 4.78 is 0. The Kier molecular flexibility index (Phi) is 7.59. The fourth-order valence-electron chi connectivity index (χ4n) is 5.76. The number of benzene rings is 2. The first-order valence-electron chi connectivity index (χ1n) is 14.2. The van der Waals surface area contributed by atoms with Gasteiger partial charge in [0.15, 0.2) is 0 Å². The molecule has 43 heavy (non-hydrogen) atoms. The molecule has 5 amide bonds. The molecular formula is C31H31N7O5. The summed E-state index contributed by atoms with van der Waals surface area (Å²) in [6.45, 7) is 4.74. The number of anilines is 2. The van der Waals surface area contributed by atoms with Crippen LogP contribution in [0.15, 0.2) is 60.8 Å². The van der Waals surface area contributed by atoms with E-state index in [4.69, 9.17) is 5.73 Å². The summed E-state index contributed by atoms with van der Waals surface area (Å²) in [5.74, 6) is -2.63. The third kappa shape index (κ3) is 5.69. The number of hydrogen-bond donors (Lipinski definition) is 3. The summed E-state index contributed by atoms with van der Waals surface area (Å²) in [5, 5.41) is 5.50. The van der Waals surface area contributed by atoms with Crippen LogP contribution in [0.5, 0.6) is 0 Å². The molecule has 3 aromatic rings. The van der Waals surface area contributed by atoms with Crippen LogP contribution in [-0.4, -0.2) is 76.5 Å². The van der Waals surface area contributed by atoms with E-state index in [9.17, 15) is 24.0 Å². The molecule has 0 radical (unpaired) electrons. The molecule has 3 aliphatic heterocycles. The summed E-state index contributed by atoms with van der Waals surface area (Å²) in [5.41, 5.74) is 9.72. The van der Waals surface area contributed by atoms with Crippen LogP contribution in [0.3, 0.4) is 0 Å². The highest BCUT2D eigenvalue weighted by Gasteiger charge is 2.45. The van der Waals surface area contributed by atoms with Crippen molar-refractivity contribution in [1.29, 1.82) is 0 Å². The molecule has 12 nitrogen and oxygen atoms in total. The number of nitrogens with two attached hydrogens (primary N) is 1. The van der Waals surface area contributed by atoms with Gasteiger partial charge in [0, 0.05) is 51.4 Å². The third-order valence-corrected chi connectivity index (χ3v) is 8.12. The van der Waals surface area contributed by atoms with Crippen molar-refractivity contribution in [3.05, 3.63) is 88.7 Å². The fourth-order valence-corrected chi connectivity index (χ4v) is 5.76. The number of primary amides is 1. The number of fused-ring (bicyclic) bond motifs is 1. The van der Waals surface area contributed by atoms with Crippen molar-refractivity contribution in [3.63, 3.8) is 0 Å². The molecule has 0 aliphatic carbocycles. The lowest BCUT2D eigenvalue weighted by Crippen LogP contribution is -2.54. The Balaban J connectivity index is 1.04. The van der Waals surface area contributed by atoms with Gasteiger partial charge < -0.3 is 16.0 Å². The minimum Gasteiger partial charge on any atom is -0.380 e. The maximum absolute atomic E-state index is 13.3. The van der Waals surface area contributed by atoms with Crippen molar-refractivity contribution in [2.24, 2.45) is 5.73 Å². The number of piperazine rings is 1. The first kappa shape index (κ1) is 28.0. The minimum atomic E-state index is -1.000. The van der Waals surface area contributed by atoms with Gasteiger partial charge in [-0.1, -0.05) is 30.3 Å². The van der Waals surface area contributed by atoms with Crippen LogP contribution in [0.4, 0.5) is 11.4 Å². The minimum absolute atomic E-state index is 0.0763. The van der Waals surface area contributed by atoms with Crippen LogP contribution in [0.25, 0.3) is 0 Å². The molecule has 0 spiro atoms. The van der Waals surface area contributed by atoms with Gasteiger partial charge in [-0.25, -0.2) is 4.98 Å². The molecule has 0 unspecified atom stereocenters. The summed E-state index contributed by atoms with van der Waals surface area (Å²) in [4.78, 5) is 71.3. The van der Waals surface area contributed by atoms with Crippen LogP contribution >= 0.6 is 0 Å². The molecule has 0 saturated carbocycles. The van der Waals surface area contributed by atoms with Gasteiger partial charge in [0.2, 0.25) is 11.8 Å². The second-order valence-corrected chi connectivity index (χ2v) is 10.9. The van der Waals surface area contributed by atoms with E-state index in [1.165, 1.54) is 5.56 Å². The zero-order valence-electron chi connectivity index (χ0n) is 23.4. The maximum atomic E-state index is 13.3. The van der Waals surface area contributed by atoms with Gasteiger partial charge in [-0.15, -0.1) is 0 Å². The number of hydrogen-bond acceptors (Lipinski definition) is 9. The molecule has 6 rings (SSSR count). The van der Waals surface area contributed by atoms with Gasteiger partial charge in [0.1, 0.15) is 11.7 Å². The number of pyridine rings is 1. The molecular weight excluding hydrogens is 550 g/mol. The molecule has 3 aliphatic rings. The van der Waals surface area contributed by atoms with Crippen molar-refractivity contribution < 1.29 is 24.0 Å². The quantitative estimate of drug-likeness (QED) is 0.335. The first-order chi connectivity index (χ1) is 20.8. The van der Waals surface area contributed by atoms with Gasteiger partial charge in [-0.3, -0.25) is 39.1 Å². The third-order valence-electron chi connectivity index (χ3n) is 8.12. The molecule has 0 bridgehead atoms. The number of imide groups is 2. The van der Waals surface area contributed by atoms with Gasteiger partial charge in [-0.2, -0.15) is 0 Å².